The lowest BCUT2D eigenvalue weighted by atomic mass is 10.1. The maximum atomic E-state index is 4.73. The van der Waals surface area contributed by atoms with Gasteiger partial charge < -0.3 is 9.88 Å². The van der Waals surface area contributed by atoms with Gasteiger partial charge in [0.05, 0.1) is 18.8 Å². The van der Waals surface area contributed by atoms with E-state index in [1.165, 1.54) is 28.9 Å². The molecule has 0 atom stereocenters. The number of nitrogens with zero attached hydrogens (tertiary/aromatic N) is 5. The van der Waals surface area contributed by atoms with Gasteiger partial charge in [-0.25, -0.2) is 4.98 Å². The number of aromatic nitrogens is 5. The minimum absolute atomic E-state index is 0.788. The van der Waals surface area contributed by atoms with Crippen LogP contribution in [-0.2, 0) is 32.5 Å². The summed E-state index contributed by atoms with van der Waals surface area (Å²) in [5.74, 6) is 0.928. The molecular weight excluding hydrogens is 300 g/mol. The highest BCUT2D eigenvalue weighted by molar-refractivity contribution is 5.51. The molecule has 1 N–H and O–H groups in total. The lowest BCUT2D eigenvalue weighted by Gasteiger charge is -2.13. The van der Waals surface area contributed by atoms with Gasteiger partial charge >= 0.3 is 0 Å². The van der Waals surface area contributed by atoms with Crippen LogP contribution in [0.2, 0.25) is 0 Å². The van der Waals surface area contributed by atoms with Gasteiger partial charge in [0, 0.05) is 37.4 Å². The SMILES string of the molecule is c1cn(Cc2cnc3c(c2)CCC3)c(-c2cc3n(n2)CCNC3)n1. The van der Waals surface area contributed by atoms with Crippen molar-refractivity contribution in [2.75, 3.05) is 6.54 Å². The van der Waals surface area contributed by atoms with Crippen LogP contribution in [0.3, 0.4) is 0 Å². The third-order valence-corrected chi connectivity index (χ3v) is 4.94. The molecule has 0 fully saturated rings. The highest BCUT2D eigenvalue weighted by Crippen LogP contribution is 2.23. The average molecular weight is 320 g/mol. The van der Waals surface area contributed by atoms with Crippen LogP contribution in [-0.4, -0.2) is 30.9 Å². The number of hydrogen-bond donors (Lipinski definition) is 1. The zero-order valence-corrected chi connectivity index (χ0v) is 13.6. The molecule has 1 aliphatic carbocycles. The van der Waals surface area contributed by atoms with E-state index in [9.17, 15) is 0 Å². The summed E-state index contributed by atoms with van der Waals surface area (Å²) in [7, 11) is 0. The van der Waals surface area contributed by atoms with Crippen LogP contribution in [0.15, 0.2) is 30.7 Å². The Kier molecular flexibility index (Phi) is 3.23. The van der Waals surface area contributed by atoms with Gasteiger partial charge in [-0.1, -0.05) is 6.07 Å². The summed E-state index contributed by atoms with van der Waals surface area (Å²) in [4.78, 5) is 9.18. The first-order valence-electron chi connectivity index (χ1n) is 8.62. The lowest BCUT2D eigenvalue weighted by Crippen LogP contribution is -2.28. The highest BCUT2D eigenvalue weighted by atomic mass is 15.3. The molecule has 24 heavy (non-hydrogen) atoms. The number of fused-ring (bicyclic) bond motifs is 2. The Hall–Kier alpha value is -2.47. The molecule has 0 spiro atoms. The Balaban J connectivity index is 1.46. The second-order valence-corrected chi connectivity index (χ2v) is 6.60. The molecule has 0 unspecified atom stereocenters. The minimum Gasteiger partial charge on any atom is -0.325 e. The van der Waals surface area contributed by atoms with E-state index in [0.29, 0.717) is 0 Å². The number of hydrogen-bond acceptors (Lipinski definition) is 4. The first-order valence-corrected chi connectivity index (χ1v) is 8.62. The lowest BCUT2D eigenvalue weighted by molar-refractivity contribution is 0.476. The fourth-order valence-corrected chi connectivity index (χ4v) is 3.73. The zero-order chi connectivity index (χ0) is 15.9. The van der Waals surface area contributed by atoms with E-state index in [0.717, 1.165) is 50.5 Å². The van der Waals surface area contributed by atoms with Crippen LogP contribution in [0.1, 0.15) is 28.9 Å². The maximum Gasteiger partial charge on any atom is 0.160 e. The Morgan fingerprint density at radius 1 is 1.17 bits per heavy atom. The largest absolute Gasteiger partial charge is 0.325 e. The monoisotopic (exact) mass is 320 g/mol. The van der Waals surface area contributed by atoms with Crippen molar-refractivity contribution in [1.82, 2.24) is 29.6 Å². The van der Waals surface area contributed by atoms with Crippen molar-refractivity contribution in [3.63, 3.8) is 0 Å². The molecule has 6 heteroatoms. The van der Waals surface area contributed by atoms with Crippen molar-refractivity contribution in [2.45, 2.75) is 38.9 Å². The molecule has 0 saturated carbocycles. The molecule has 2 aliphatic rings. The molecule has 122 valence electrons. The smallest absolute Gasteiger partial charge is 0.160 e. The van der Waals surface area contributed by atoms with Crippen LogP contribution in [0.4, 0.5) is 0 Å². The quantitative estimate of drug-likeness (QED) is 0.799. The van der Waals surface area contributed by atoms with Gasteiger partial charge in [0.1, 0.15) is 5.69 Å². The van der Waals surface area contributed by atoms with Crippen LogP contribution in [0, 0.1) is 0 Å². The molecule has 0 radical (unpaired) electrons. The molecular formula is C18H20N6. The van der Waals surface area contributed by atoms with E-state index in [1.54, 1.807) is 0 Å². The predicted molar refractivity (Wildman–Crippen MR) is 90.5 cm³/mol. The molecule has 5 rings (SSSR count). The van der Waals surface area contributed by atoms with Gasteiger partial charge in [-0.2, -0.15) is 5.10 Å². The Bertz CT molecular complexity index is 867. The van der Waals surface area contributed by atoms with Crippen molar-refractivity contribution in [3.05, 3.63) is 53.2 Å². The Morgan fingerprint density at radius 3 is 3.12 bits per heavy atom. The standard InChI is InChI=1S/C18H20N6/c1-2-14-8-13(10-21-16(14)3-1)12-23-6-5-20-18(23)17-9-15-11-19-4-7-24(15)22-17/h5-6,8-10,19H,1-4,7,11-12H2. The highest BCUT2D eigenvalue weighted by Gasteiger charge is 2.17. The van der Waals surface area contributed by atoms with Crippen molar-refractivity contribution in [1.29, 1.82) is 0 Å². The van der Waals surface area contributed by atoms with E-state index in [-0.39, 0.29) is 0 Å². The van der Waals surface area contributed by atoms with E-state index in [2.05, 4.69) is 36.7 Å². The van der Waals surface area contributed by atoms with Crippen LogP contribution < -0.4 is 5.32 Å². The average Bonchev–Trinajstić information content (AvgIpc) is 3.33. The molecule has 3 aromatic heterocycles. The fourth-order valence-electron chi connectivity index (χ4n) is 3.73. The van der Waals surface area contributed by atoms with Gasteiger partial charge in [0.15, 0.2) is 5.82 Å². The van der Waals surface area contributed by atoms with Gasteiger partial charge in [-0.15, -0.1) is 0 Å². The summed E-state index contributed by atoms with van der Waals surface area (Å²) in [5.41, 5.74) is 6.11. The van der Waals surface area contributed by atoms with Gasteiger partial charge in [0.25, 0.3) is 0 Å². The number of pyridine rings is 1. The summed E-state index contributed by atoms with van der Waals surface area (Å²) >= 11 is 0. The van der Waals surface area contributed by atoms with Gasteiger partial charge in [-0.05, 0) is 36.5 Å². The fraction of sp³-hybridized carbons (Fsp3) is 0.389. The normalized spacial score (nSPS) is 16.2. The summed E-state index contributed by atoms with van der Waals surface area (Å²) < 4.78 is 4.25. The summed E-state index contributed by atoms with van der Waals surface area (Å²) in [6, 6.07) is 4.45. The first-order chi connectivity index (χ1) is 11.9. The van der Waals surface area contributed by atoms with E-state index < -0.39 is 0 Å². The molecule has 0 aromatic carbocycles. The number of nitrogens with one attached hydrogen (secondary N) is 1. The Morgan fingerprint density at radius 2 is 2.17 bits per heavy atom. The molecule has 3 aromatic rings. The van der Waals surface area contributed by atoms with Crippen molar-refractivity contribution < 1.29 is 0 Å². The molecule has 0 bridgehead atoms. The van der Waals surface area contributed by atoms with E-state index in [1.807, 2.05) is 18.6 Å². The second-order valence-electron chi connectivity index (χ2n) is 6.60. The summed E-state index contributed by atoms with van der Waals surface area (Å²) in [6.45, 7) is 3.56. The number of rotatable bonds is 3. The maximum absolute atomic E-state index is 4.73. The third kappa shape index (κ3) is 2.34. The summed E-state index contributed by atoms with van der Waals surface area (Å²) in [6.07, 6.45) is 9.41. The van der Waals surface area contributed by atoms with Crippen molar-refractivity contribution in [3.8, 4) is 11.5 Å². The molecule has 1 aliphatic heterocycles. The van der Waals surface area contributed by atoms with Gasteiger partial charge in [0.2, 0.25) is 0 Å². The topological polar surface area (TPSA) is 60.6 Å². The molecule has 4 heterocycles. The zero-order valence-electron chi connectivity index (χ0n) is 13.6. The van der Waals surface area contributed by atoms with Crippen LogP contribution >= 0.6 is 0 Å². The van der Waals surface area contributed by atoms with E-state index >= 15 is 0 Å². The predicted octanol–water partition coefficient (Wildman–Crippen LogP) is 1.78. The van der Waals surface area contributed by atoms with Crippen LogP contribution in [0.25, 0.3) is 11.5 Å². The number of aryl methyl sites for hydroxylation is 2. The van der Waals surface area contributed by atoms with Crippen molar-refractivity contribution >= 4 is 0 Å². The first kappa shape index (κ1) is 13.9. The molecule has 0 amide bonds. The Labute approximate surface area is 140 Å². The minimum atomic E-state index is 0.788. The third-order valence-electron chi connectivity index (χ3n) is 4.94. The van der Waals surface area contributed by atoms with Crippen molar-refractivity contribution in [2.24, 2.45) is 0 Å². The second kappa shape index (κ2) is 5.56. The molecule has 6 nitrogen and oxygen atoms in total. The molecule has 0 saturated heterocycles. The van der Waals surface area contributed by atoms with Crippen LogP contribution in [0.5, 0.6) is 0 Å². The van der Waals surface area contributed by atoms with E-state index in [4.69, 9.17) is 5.10 Å². The van der Waals surface area contributed by atoms with Gasteiger partial charge in [-0.3, -0.25) is 9.67 Å². The number of imidazole rings is 1. The summed E-state index contributed by atoms with van der Waals surface area (Å²) in [5, 5.41) is 8.11.